The molecule has 0 aromatic heterocycles. The molecule has 0 heterocycles. The van der Waals surface area contributed by atoms with Gasteiger partial charge in [0.05, 0.1) is 0 Å². The van der Waals surface area contributed by atoms with Crippen LogP contribution in [0.25, 0.3) is 6.08 Å². The van der Waals surface area contributed by atoms with E-state index < -0.39 is 0 Å². The highest BCUT2D eigenvalue weighted by Crippen LogP contribution is 2.26. The molecular formula is C14H16O. The van der Waals surface area contributed by atoms with Gasteiger partial charge in [-0.2, -0.15) is 0 Å². The third-order valence-corrected chi connectivity index (χ3v) is 2.99. The normalized spacial score (nSPS) is 24.5. The Morgan fingerprint density at radius 3 is 2.73 bits per heavy atom. The summed E-state index contributed by atoms with van der Waals surface area (Å²) in [6, 6.07) is 10.1. The topological polar surface area (TPSA) is 17.1 Å². The van der Waals surface area contributed by atoms with Crippen LogP contribution in [0.4, 0.5) is 0 Å². The summed E-state index contributed by atoms with van der Waals surface area (Å²) in [5.41, 5.74) is 2.13. The van der Waals surface area contributed by atoms with Crippen molar-refractivity contribution in [1.82, 2.24) is 0 Å². The highest BCUT2D eigenvalue weighted by atomic mass is 16.1. The minimum absolute atomic E-state index is 0.216. The van der Waals surface area contributed by atoms with Gasteiger partial charge >= 0.3 is 0 Å². The van der Waals surface area contributed by atoms with Gasteiger partial charge in [-0.15, -0.1) is 0 Å². The zero-order valence-corrected chi connectivity index (χ0v) is 9.07. The van der Waals surface area contributed by atoms with Gasteiger partial charge in [0.25, 0.3) is 0 Å². The summed E-state index contributed by atoms with van der Waals surface area (Å²) < 4.78 is 0. The molecule has 0 N–H and O–H groups in total. The number of hydrogen-bond donors (Lipinski definition) is 0. The SMILES string of the molecule is CC1CCC/C(=C/c2ccccc2)C1=O. The molecule has 1 heteroatoms. The van der Waals surface area contributed by atoms with E-state index in [0.29, 0.717) is 5.78 Å². The molecule has 1 atom stereocenters. The van der Waals surface area contributed by atoms with Gasteiger partial charge in [-0.05, 0) is 36.5 Å². The highest BCUT2D eigenvalue weighted by Gasteiger charge is 2.21. The van der Waals surface area contributed by atoms with Crippen LogP contribution < -0.4 is 0 Å². The van der Waals surface area contributed by atoms with Crippen molar-refractivity contribution in [2.45, 2.75) is 26.2 Å². The number of ketones is 1. The van der Waals surface area contributed by atoms with E-state index in [2.05, 4.69) is 0 Å². The molecule has 78 valence electrons. The van der Waals surface area contributed by atoms with Gasteiger partial charge in [-0.3, -0.25) is 4.79 Å². The second kappa shape index (κ2) is 4.43. The average molecular weight is 200 g/mol. The summed E-state index contributed by atoms with van der Waals surface area (Å²) in [5.74, 6) is 0.554. The second-order valence-electron chi connectivity index (χ2n) is 4.24. The Morgan fingerprint density at radius 1 is 1.27 bits per heavy atom. The van der Waals surface area contributed by atoms with Crippen LogP contribution in [0, 0.1) is 5.92 Å². The molecule has 1 aromatic rings. The molecular weight excluding hydrogens is 184 g/mol. The van der Waals surface area contributed by atoms with Gasteiger partial charge in [-0.25, -0.2) is 0 Å². The average Bonchev–Trinajstić information content (AvgIpc) is 2.26. The molecule has 0 bridgehead atoms. The van der Waals surface area contributed by atoms with Crippen molar-refractivity contribution in [2.75, 3.05) is 0 Å². The third kappa shape index (κ3) is 2.35. The van der Waals surface area contributed by atoms with Gasteiger partial charge in [0.1, 0.15) is 0 Å². The number of benzene rings is 1. The quantitative estimate of drug-likeness (QED) is 0.634. The molecule has 1 saturated carbocycles. The van der Waals surface area contributed by atoms with E-state index in [4.69, 9.17) is 0 Å². The van der Waals surface area contributed by atoms with Crippen LogP contribution in [-0.4, -0.2) is 5.78 Å². The fourth-order valence-electron chi connectivity index (χ4n) is 2.06. The first-order valence-electron chi connectivity index (χ1n) is 5.57. The summed E-state index contributed by atoms with van der Waals surface area (Å²) >= 11 is 0. The van der Waals surface area contributed by atoms with Gasteiger partial charge < -0.3 is 0 Å². The van der Waals surface area contributed by atoms with E-state index >= 15 is 0 Å². The first-order valence-corrected chi connectivity index (χ1v) is 5.57. The van der Waals surface area contributed by atoms with E-state index in [-0.39, 0.29) is 5.92 Å². The summed E-state index contributed by atoms with van der Waals surface area (Å²) in [5, 5.41) is 0. The summed E-state index contributed by atoms with van der Waals surface area (Å²) in [7, 11) is 0. The zero-order valence-electron chi connectivity index (χ0n) is 9.07. The molecule has 1 fully saturated rings. The van der Waals surface area contributed by atoms with Gasteiger partial charge in [0, 0.05) is 5.92 Å². The van der Waals surface area contributed by atoms with Crippen LogP contribution in [0.15, 0.2) is 35.9 Å². The van der Waals surface area contributed by atoms with Crippen LogP contribution in [0.1, 0.15) is 31.7 Å². The lowest BCUT2D eigenvalue weighted by Gasteiger charge is -2.19. The number of carbonyl (C=O) groups excluding carboxylic acids is 1. The predicted octanol–water partition coefficient (Wildman–Crippen LogP) is 3.46. The molecule has 0 amide bonds. The Bertz CT molecular complexity index is 376. The minimum Gasteiger partial charge on any atom is -0.294 e. The zero-order chi connectivity index (χ0) is 10.7. The number of hydrogen-bond acceptors (Lipinski definition) is 1. The van der Waals surface area contributed by atoms with E-state index in [9.17, 15) is 4.79 Å². The lowest BCUT2D eigenvalue weighted by molar-refractivity contribution is -0.119. The monoisotopic (exact) mass is 200 g/mol. The smallest absolute Gasteiger partial charge is 0.161 e. The molecule has 15 heavy (non-hydrogen) atoms. The summed E-state index contributed by atoms with van der Waals surface area (Å²) in [6.45, 7) is 2.03. The molecule has 0 saturated heterocycles. The molecule has 2 rings (SSSR count). The Morgan fingerprint density at radius 2 is 2.00 bits per heavy atom. The highest BCUT2D eigenvalue weighted by molar-refractivity contribution is 6.01. The second-order valence-corrected chi connectivity index (χ2v) is 4.24. The Kier molecular flexibility index (Phi) is 3.00. The molecule has 1 unspecified atom stereocenters. The Hall–Kier alpha value is -1.37. The number of carbonyl (C=O) groups is 1. The molecule has 0 spiro atoms. The fraction of sp³-hybridized carbons (Fsp3) is 0.357. The molecule has 0 aliphatic heterocycles. The first-order chi connectivity index (χ1) is 7.27. The van der Waals surface area contributed by atoms with E-state index in [1.54, 1.807) is 0 Å². The minimum atomic E-state index is 0.216. The van der Waals surface area contributed by atoms with Crippen molar-refractivity contribution in [3.05, 3.63) is 41.5 Å². The van der Waals surface area contributed by atoms with Crippen LogP contribution in [-0.2, 0) is 4.79 Å². The van der Waals surface area contributed by atoms with Crippen molar-refractivity contribution in [2.24, 2.45) is 5.92 Å². The van der Waals surface area contributed by atoms with E-state index in [0.717, 1.165) is 30.4 Å². The van der Waals surface area contributed by atoms with Crippen LogP contribution >= 0.6 is 0 Å². The van der Waals surface area contributed by atoms with Gasteiger partial charge in [-0.1, -0.05) is 37.3 Å². The lowest BCUT2D eigenvalue weighted by atomic mass is 9.84. The number of allylic oxidation sites excluding steroid dienone is 1. The third-order valence-electron chi connectivity index (χ3n) is 2.99. The van der Waals surface area contributed by atoms with Crippen molar-refractivity contribution in [1.29, 1.82) is 0 Å². The first kappa shape index (κ1) is 10.2. The predicted molar refractivity (Wildman–Crippen MR) is 62.4 cm³/mol. The van der Waals surface area contributed by atoms with Crippen molar-refractivity contribution < 1.29 is 4.79 Å². The van der Waals surface area contributed by atoms with Crippen molar-refractivity contribution in [3.8, 4) is 0 Å². The molecule has 1 aliphatic rings. The van der Waals surface area contributed by atoms with E-state index in [1.165, 1.54) is 0 Å². The van der Waals surface area contributed by atoms with Crippen molar-refractivity contribution >= 4 is 11.9 Å². The molecule has 1 aliphatic carbocycles. The fourth-order valence-corrected chi connectivity index (χ4v) is 2.06. The standard InChI is InChI=1S/C14H16O/c1-11-6-5-9-13(14(11)15)10-12-7-3-2-4-8-12/h2-4,7-8,10-11H,5-6,9H2,1H3/b13-10-. The molecule has 0 radical (unpaired) electrons. The van der Waals surface area contributed by atoms with Crippen molar-refractivity contribution in [3.63, 3.8) is 0 Å². The number of Topliss-reactive ketones (excluding diaryl/α,β-unsaturated/α-hetero) is 1. The van der Waals surface area contributed by atoms with Gasteiger partial charge in [0.2, 0.25) is 0 Å². The maximum atomic E-state index is 11.9. The molecule has 1 nitrogen and oxygen atoms in total. The lowest BCUT2D eigenvalue weighted by Crippen LogP contribution is -2.18. The van der Waals surface area contributed by atoms with Crippen LogP contribution in [0.2, 0.25) is 0 Å². The van der Waals surface area contributed by atoms with Gasteiger partial charge in [0.15, 0.2) is 5.78 Å². The Labute approximate surface area is 90.8 Å². The number of rotatable bonds is 1. The van der Waals surface area contributed by atoms with Crippen LogP contribution in [0.5, 0.6) is 0 Å². The summed E-state index contributed by atoms with van der Waals surface area (Å²) in [6.07, 6.45) is 5.17. The van der Waals surface area contributed by atoms with E-state index in [1.807, 2.05) is 43.3 Å². The largest absolute Gasteiger partial charge is 0.294 e. The summed E-state index contributed by atoms with van der Waals surface area (Å²) in [4.78, 5) is 11.9. The Balaban J connectivity index is 2.23. The maximum Gasteiger partial charge on any atom is 0.161 e. The maximum absolute atomic E-state index is 11.9. The van der Waals surface area contributed by atoms with Crippen LogP contribution in [0.3, 0.4) is 0 Å². The molecule has 1 aromatic carbocycles.